The fourth-order valence-corrected chi connectivity index (χ4v) is 7.38. The number of carbonyl (C=O) groups is 1. The second-order valence-electron chi connectivity index (χ2n) is 9.32. The molecule has 174 valence electrons. The minimum atomic E-state index is -3.62. The van der Waals surface area contributed by atoms with Crippen LogP contribution in [0.2, 0.25) is 5.02 Å². The van der Waals surface area contributed by atoms with E-state index in [4.69, 9.17) is 11.6 Å². The molecule has 1 amide bonds. The van der Waals surface area contributed by atoms with Gasteiger partial charge in [-0.15, -0.1) is 0 Å². The number of nitrogens with zero attached hydrogens (tertiary/aromatic N) is 2. The largest absolute Gasteiger partial charge is 0.335 e. The summed E-state index contributed by atoms with van der Waals surface area (Å²) in [5, 5.41) is 9.30. The zero-order chi connectivity index (χ0) is 23.6. The van der Waals surface area contributed by atoms with Crippen molar-refractivity contribution in [2.24, 2.45) is 11.8 Å². The van der Waals surface area contributed by atoms with E-state index < -0.39 is 21.0 Å². The normalized spacial score (nSPS) is 25.0. The molecule has 2 saturated carbocycles. The number of hydrogen-bond acceptors (Lipinski definition) is 4. The summed E-state index contributed by atoms with van der Waals surface area (Å²) in [5.74, 6) is -0.734. The molecule has 2 aromatic carbocycles. The topological polar surface area (TPSA) is 78.2 Å². The summed E-state index contributed by atoms with van der Waals surface area (Å²) in [6, 6.07) is 16.6. The lowest BCUT2D eigenvalue weighted by molar-refractivity contribution is -0.138. The highest BCUT2D eigenvalue weighted by Crippen LogP contribution is 2.38. The molecule has 2 fully saturated rings. The molecular formula is C26H29ClN2O3S. The molecule has 7 heteroatoms. The van der Waals surface area contributed by atoms with E-state index in [-0.39, 0.29) is 22.8 Å². The van der Waals surface area contributed by atoms with Crippen LogP contribution in [0.25, 0.3) is 0 Å². The fraction of sp³-hybridized carbons (Fsp3) is 0.462. The summed E-state index contributed by atoms with van der Waals surface area (Å²) in [6.45, 7) is 2.32. The number of carbonyl (C=O) groups excluding carboxylic acids is 1. The predicted molar refractivity (Wildman–Crippen MR) is 128 cm³/mol. The second-order valence-corrected chi connectivity index (χ2v) is 11.9. The molecule has 0 radical (unpaired) electrons. The SMILES string of the molecule is Cc1ccc(S(=O)(=O)[C@@H]2CCC[C@H]2C(=O)N(Cc2ccc(Cl)cc2)[C@@H]2CC[C@H](C#N)C2)cc1. The summed E-state index contributed by atoms with van der Waals surface area (Å²) < 4.78 is 26.9. The Morgan fingerprint density at radius 3 is 2.39 bits per heavy atom. The monoisotopic (exact) mass is 484 g/mol. The molecule has 4 rings (SSSR count). The van der Waals surface area contributed by atoms with Crippen molar-refractivity contribution < 1.29 is 13.2 Å². The summed E-state index contributed by atoms with van der Waals surface area (Å²) in [6.07, 6.45) is 3.94. The molecule has 0 heterocycles. The lowest BCUT2D eigenvalue weighted by Gasteiger charge is -2.33. The van der Waals surface area contributed by atoms with E-state index in [1.54, 1.807) is 36.4 Å². The van der Waals surface area contributed by atoms with Crippen LogP contribution in [0, 0.1) is 30.1 Å². The molecule has 2 aliphatic carbocycles. The average molecular weight is 485 g/mol. The van der Waals surface area contributed by atoms with Crippen molar-refractivity contribution in [3.8, 4) is 6.07 Å². The first-order chi connectivity index (χ1) is 15.8. The highest BCUT2D eigenvalue weighted by Gasteiger charge is 2.45. The van der Waals surface area contributed by atoms with Gasteiger partial charge in [-0.05, 0) is 68.9 Å². The number of benzene rings is 2. The molecule has 2 aromatic rings. The lowest BCUT2D eigenvalue weighted by atomic mass is 10.0. The number of sulfone groups is 1. The van der Waals surface area contributed by atoms with Crippen molar-refractivity contribution in [1.29, 1.82) is 5.26 Å². The third-order valence-corrected chi connectivity index (χ3v) is 9.64. The molecule has 33 heavy (non-hydrogen) atoms. The van der Waals surface area contributed by atoms with Crippen molar-refractivity contribution >= 4 is 27.3 Å². The van der Waals surface area contributed by atoms with Gasteiger partial charge in [0, 0.05) is 23.5 Å². The summed E-state index contributed by atoms with van der Waals surface area (Å²) >= 11 is 6.03. The van der Waals surface area contributed by atoms with E-state index in [9.17, 15) is 18.5 Å². The van der Waals surface area contributed by atoms with Crippen LogP contribution in [-0.2, 0) is 21.2 Å². The Morgan fingerprint density at radius 1 is 1.06 bits per heavy atom. The molecular weight excluding hydrogens is 456 g/mol. The Bertz CT molecular complexity index is 1140. The zero-order valence-electron chi connectivity index (χ0n) is 18.8. The first-order valence-electron chi connectivity index (χ1n) is 11.5. The number of nitriles is 1. The molecule has 0 unspecified atom stereocenters. The Kier molecular flexibility index (Phi) is 7.11. The summed E-state index contributed by atoms with van der Waals surface area (Å²) in [4.78, 5) is 16.0. The van der Waals surface area contributed by atoms with Gasteiger partial charge in [-0.1, -0.05) is 47.9 Å². The van der Waals surface area contributed by atoms with E-state index in [0.717, 1.165) is 24.0 Å². The maximum absolute atomic E-state index is 13.9. The van der Waals surface area contributed by atoms with E-state index >= 15 is 0 Å². The summed E-state index contributed by atoms with van der Waals surface area (Å²) in [7, 11) is -3.62. The average Bonchev–Trinajstić information content (AvgIpc) is 3.49. The minimum absolute atomic E-state index is 0.0545. The van der Waals surface area contributed by atoms with Crippen LogP contribution in [0.5, 0.6) is 0 Å². The van der Waals surface area contributed by atoms with Crippen molar-refractivity contribution in [3.05, 3.63) is 64.7 Å². The Labute approximate surface area is 201 Å². The molecule has 0 saturated heterocycles. The quantitative estimate of drug-likeness (QED) is 0.556. The second kappa shape index (κ2) is 9.87. The highest BCUT2D eigenvalue weighted by atomic mass is 35.5. The van der Waals surface area contributed by atoms with Gasteiger partial charge in [-0.25, -0.2) is 8.42 Å². The smallest absolute Gasteiger partial charge is 0.227 e. The van der Waals surface area contributed by atoms with Gasteiger partial charge in [0.2, 0.25) is 5.91 Å². The van der Waals surface area contributed by atoms with Crippen LogP contribution >= 0.6 is 11.6 Å². The molecule has 0 aromatic heterocycles. The van der Waals surface area contributed by atoms with Gasteiger partial charge < -0.3 is 4.90 Å². The Hall–Kier alpha value is -2.36. The van der Waals surface area contributed by atoms with Crippen LogP contribution < -0.4 is 0 Å². The number of rotatable bonds is 6. The van der Waals surface area contributed by atoms with Crippen molar-refractivity contribution in [2.45, 2.75) is 68.2 Å². The van der Waals surface area contributed by atoms with Crippen molar-refractivity contribution in [2.75, 3.05) is 0 Å². The predicted octanol–water partition coefficient (Wildman–Crippen LogP) is 5.31. The van der Waals surface area contributed by atoms with Gasteiger partial charge in [0.15, 0.2) is 9.84 Å². The standard InChI is InChI=1S/C26H29ClN2O3S/c1-18-5-13-23(14-6-18)33(31,32)25-4-2-3-24(25)26(30)29(22-12-9-20(15-22)16-28)17-19-7-10-21(27)11-8-19/h5-8,10-11,13-14,20,22,24-25H,2-4,9,12,15,17H2,1H3/t20-,22+,24+,25+/m0/s1. The third-order valence-electron chi connectivity index (χ3n) is 7.10. The molecule has 4 atom stereocenters. The molecule has 2 aliphatic rings. The Morgan fingerprint density at radius 2 is 1.76 bits per heavy atom. The Balaban J connectivity index is 1.62. The lowest BCUT2D eigenvalue weighted by Crippen LogP contribution is -2.45. The maximum atomic E-state index is 13.9. The van der Waals surface area contributed by atoms with Crippen LogP contribution in [0.3, 0.4) is 0 Å². The van der Waals surface area contributed by atoms with E-state index in [1.165, 1.54) is 0 Å². The van der Waals surface area contributed by atoms with Crippen LogP contribution in [-0.4, -0.2) is 30.5 Å². The number of aryl methyl sites for hydroxylation is 1. The van der Waals surface area contributed by atoms with Gasteiger partial charge in [0.25, 0.3) is 0 Å². The fourth-order valence-electron chi connectivity index (χ4n) is 5.23. The zero-order valence-corrected chi connectivity index (χ0v) is 20.4. The van der Waals surface area contributed by atoms with Gasteiger partial charge in [-0.3, -0.25) is 4.79 Å². The van der Waals surface area contributed by atoms with Crippen molar-refractivity contribution in [3.63, 3.8) is 0 Å². The van der Waals surface area contributed by atoms with Gasteiger partial charge in [0.05, 0.1) is 22.1 Å². The number of hydrogen-bond donors (Lipinski definition) is 0. The molecule has 0 N–H and O–H groups in total. The van der Waals surface area contributed by atoms with Gasteiger partial charge in [0.1, 0.15) is 0 Å². The number of amides is 1. The van der Waals surface area contributed by atoms with E-state index in [2.05, 4.69) is 6.07 Å². The van der Waals surface area contributed by atoms with E-state index in [0.29, 0.717) is 37.3 Å². The highest BCUT2D eigenvalue weighted by molar-refractivity contribution is 7.92. The maximum Gasteiger partial charge on any atom is 0.227 e. The molecule has 0 aliphatic heterocycles. The molecule has 5 nitrogen and oxygen atoms in total. The van der Waals surface area contributed by atoms with E-state index in [1.807, 2.05) is 24.0 Å². The van der Waals surface area contributed by atoms with Gasteiger partial charge >= 0.3 is 0 Å². The molecule has 0 bridgehead atoms. The first kappa shape index (κ1) is 23.8. The van der Waals surface area contributed by atoms with Gasteiger partial charge in [-0.2, -0.15) is 5.26 Å². The summed E-state index contributed by atoms with van der Waals surface area (Å²) in [5.41, 5.74) is 1.94. The number of halogens is 1. The van der Waals surface area contributed by atoms with Crippen LogP contribution in [0.15, 0.2) is 53.4 Å². The molecule has 0 spiro atoms. The third kappa shape index (κ3) is 5.10. The van der Waals surface area contributed by atoms with Crippen LogP contribution in [0.1, 0.15) is 49.7 Å². The van der Waals surface area contributed by atoms with Crippen LogP contribution in [0.4, 0.5) is 0 Å². The van der Waals surface area contributed by atoms with Crippen molar-refractivity contribution in [1.82, 2.24) is 4.90 Å². The minimum Gasteiger partial charge on any atom is -0.335 e. The first-order valence-corrected chi connectivity index (χ1v) is 13.5.